The van der Waals surface area contributed by atoms with Crippen LogP contribution in [0.3, 0.4) is 0 Å². The quantitative estimate of drug-likeness (QED) is 0.724. The van der Waals surface area contributed by atoms with Crippen molar-refractivity contribution in [3.05, 3.63) is 34.9 Å². The van der Waals surface area contributed by atoms with Crippen LogP contribution >= 0.6 is 0 Å². The lowest BCUT2D eigenvalue weighted by Gasteiger charge is -2.04. The van der Waals surface area contributed by atoms with Gasteiger partial charge in [0.25, 0.3) is 0 Å². The van der Waals surface area contributed by atoms with E-state index in [1.54, 1.807) is 13.0 Å². The third-order valence-electron chi connectivity index (χ3n) is 1.81. The van der Waals surface area contributed by atoms with E-state index in [-0.39, 0.29) is 11.1 Å². The molecule has 4 heteroatoms. The molecular formula is C10H10O4. The third kappa shape index (κ3) is 1.90. The number of carboxylic acids is 1. The number of methoxy groups -OCH3 is 1. The molecule has 74 valence electrons. The van der Waals surface area contributed by atoms with E-state index in [9.17, 15) is 9.59 Å². The Labute approximate surface area is 81.1 Å². The number of esters is 1. The predicted molar refractivity (Wildman–Crippen MR) is 49.5 cm³/mol. The van der Waals surface area contributed by atoms with Crippen molar-refractivity contribution in [3.63, 3.8) is 0 Å². The summed E-state index contributed by atoms with van der Waals surface area (Å²) in [7, 11) is 1.22. The number of aryl methyl sites for hydroxylation is 1. The molecule has 0 radical (unpaired) electrons. The van der Waals surface area contributed by atoms with Gasteiger partial charge in [0, 0.05) is 0 Å². The lowest BCUT2D eigenvalue weighted by atomic mass is 10.0. The van der Waals surface area contributed by atoms with Crippen LogP contribution in [-0.2, 0) is 4.74 Å². The minimum Gasteiger partial charge on any atom is -0.478 e. The summed E-state index contributed by atoms with van der Waals surface area (Å²) in [6, 6.07) is 4.52. The molecule has 0 heterocycles. The summed E-state index contributed by atoms with van der Waals surface area (Å²) in [5, 5.41) is 8.79. The van der Waals surface area contributed by atoms with Crippen LogP contribution in [0.1, 0.15) is 26.3 Å². The minimum absolute atomic E-state index is 0.0394. The van der Waals surface area contributed by atoms with Crippen LogP contribution in [0.25, 0.3) is 0 Å². The second-order valence-electron chi connectivity index (χ2n) is 2.85. The summed E-state index contributed by atoms with van der Waals surface area (Å²) < 4.78 is 4.48. The smallest absolute Gasteiger partial charge is 0.338 e. The maximum atomic E-state index is 11.2. The van der Waals surface area contributed by atoms with Gasteiger partial charge in [-0.05, 0) is 19.1 Å². The summed E-state index contributed by atoms with van der Waals surface area (Å²) in [5.74, 6) is -1.77. The number of carboxylic acid groups (broad SMARTS) is 1. The summed E-state index contributed by atoms with van der Waals surface area (Å²) >= 11 is 0. The highest BCUT2D eigenvalue weighted by Gasteiger charge is 2.16. The summed E-state index contributed by atoms with van der Waals surface area (Å²) in [5.41, 5.74) is 0.859. The number of benzene rings is 1. The molecule has 0 aromatic heterocycles. The van der Waals surface area contributed by atoms with Gasteiger partial charge in [0.1, 0.15) is 0 Å². The zero-order valence-electron chi connectivity index (χ0n) is 7.90. The van der Waals surface area contributed by atoms with Gasteiger partial charge in [0.05, 0.1) is 18.2 Å². The van der Waals surface area contributed by atoms with E-state index >= 15 is 0 Å². The topological polar surface area (TPSA) is 63.6 Å². The first-order valence-corrected chi connectivity index (χ1v) is 3.98. The number of hydrogen-bond donors (Lipinski definition) is 1. The molecule has 0 bridgehead atoms. The second-order valence-corrected chi connectivity index (χ2v) is 2.85. The number of carbonyl (C=O) groups is 2. The Bertz CT molecular complexity index is 382. The molecule has 0 saturated heterocycles. The van der Waals surface area contributed by atoms with E-state index in [1.165, 1.54) is 19.2 Å². The van der Waals surface area contributed by atoms with Crippen LogP contribution in [0.15, 0.2) is 18.2 Å². The first kappa shape index (κ1) is 10.2. The maximum absolute atomic E-state index is 11.2. The standard InChI is InChI=1S/C10H10O4/c1-6-3-4-7(9(11)12)8(5-6)10(13)14-2/h3-5H,1-2H3,(H,11,12). The van der Waals surface area contributed by atoms with Gasteiger partial charge in [-0.1, -0.05) is 11.6 Å². The fourth-order valence-corrected chi connectivity index (χ4v) is 1.12. The highest BCUT2D eigenvalue weighted by Crippen LogP contribution is 2.12. The first-order chi connectivity index (χ1) is 6.56. The van der Waals surface area contributed by atoms with Crippen molar-refractivity contribution in [2.75, 3.05) is 7.11 Å². The van der Waals surface area contributed by atoms with Gasteiger partial charge in [0.2, 0.25) is 0 Å². The van der Waals surface area contributed by atoms with Crippen LogP contribution in [0.2, 0.25) is 0 Å². The zero-order chi connectivity index (χ0) is 10.7. The van der Waals surface area contributed by atoms with Crippen LogP contribution in [-0.4, -0.2) is 24.2 Å². The fourth-order valence-electron chi connectivity index (χ4n) is 1.12. The van der Waals surface area contributed by atoms with Crippen molar-refractivity contribution in [2.45, 2.75) is 6.92 Å². The van der Waals surface area contributed by atoms with E-state index < -0.39 is 11.9 Å². The van der Waals surface area contributed by atoms with Crippen molar-refractivity contribution in [1.29, 1.82) is 0 Å². The lowest BCUT2D eigenvalue weighted by Crippen LogP contribution is -2.10. The van der Waals surface area contributed by atoms with E-state index in [1.807, 2.05) is 0 Å². The predicted octanol–water partition coefficient (Wildman–Crippen LogP) is 1.48. The Morgan fingerprint density at radius 3 is 2.43 bits per heavy atom. The molecule has 0 saturated carbocycles. The van der Waals surface area contributed by atoms with Crippen LogP contribution in [0, 0.1) is 6.92 Å². The third-order valence-corrected chi connectivity index (χ3v) is 1.81. The Kier molecular flexibility index (Phi) is 2.86. The Morgan fingerprint density at radius 1 is 1.29 bits per heavy atom. The maximum Gasteiger partial charge on any atom is 0.338 e. The molecule has 0 atom stereocenters. The van der Waals surface area contributed by atoms with Crippen molar-refractivity contribution in [1.82, 2.24) is 0 Å². The average molecular weight is 194 g/mol. The monoisotopic (exact) mass is 194 g/mol. The van der Waals surface area contributed by atoms with Crippen molar-refractivity contribution >= 4 is 11.9 Å². The van der Waals surface area contributed by atoms with Gasteiger partial charge < -0.3 is 9.84 Å². The number of rotatable bonds is 2. The molecule has 1 N–H and O–H groups in total. The summed E-state index contributed by atoms with van der Waals surface area (Å²) in [4.78, 5) is 22.0. The van der Waals surface area contributed by atoms with Gasteiger partial charge in [-0.25, -0.2) is 9.59 Å². The molecular weight excluding hydrogens is 184 g/mol. The van der Waals surface area contributed by atoms with Crippen LogP contribution in [0.4, 0.5) is 0 Å². The molecule has 4 nitrogen and oxygen atoms in total. The molecule has 0 amide bonds. The normalized spacial score (nSPS) is 9.57. The van der Waals surface area contributed by atoms with Gasteiger partial charge >= 0.3 is 11.9 Å². The van der Waals surface area contributed by atoms with Gasteiger partial charge in [-0.2, -0.15) is 0 Å². The van der Waals surface area contributed by atoms with E-state index in [4.69, 9.17) is 5.11 Å². The van der Waals surface area contributed by atoms with Gasteiger partial charge in [-0.15, -0.1) is 0 Å². The van der Waals surface area contributed by atoms with Gasteiger partial charge in [-0.3, -0.25) is 0 Å². The van der Waals surface area contributed by atoms with E-state index in [2.05, 4.69) is 4.74 Å². The van der Waals surface area contributed by atoms with E-state index in [0.717, 1.165) is 5.56 Å². The number of carbonyl (C=O) groups excluding carboxylic acids is 1. The first-order valence-electron chi connectivity index (χ1n) is 3.98. The number of hydrogen-bond acceptors (Lipinski definition) is 3. The molecule has 0 unspecified atom stereocenters. The Morgan fingerprint density at radius 2 is 1.93 bits per heavy atom. The van der Waals surface area contributed by atoms with Crippen LogP contribution < -0.4 is 0 Å². The molecule has 14 heavy (non-hydrogen) atoms. The summed E-state index contributed by atoms with van der Waals surface area (Å²) in [6.07, 6.45) is 0. The zero-order valence-corrected chi connectivity index (χ0v) is 7.90. The minimum atomic E-state index is -1.13. The Hall–Kier alpha value is -1.84. The molecule has 0 aliphatic heterocycles. The van der Waals surface area contributed by atoms with Crippen molar-refractivity contribution in [2.24, 2.45) is 0 Å². The molecule has 1 aromatic carbocycles. The molecule has 1 rings (SSSR count). The van der Waals surface area contributed by atoms with E-state index in [0.29, 0.717) is 0 Å². The number of aromatic carboxylic acids is 1. The second kappa shape index (κ2) is 3.91. The average Bonchev–Trinajstić information content (AvgIpc) is 2.16. The Balaban J connectivity index is 3.29. The highest BCUT2D eigenvalue weighted by atomic mass is 16.5. The lowest BCUT2D eigenvalue weighted by molar-refractivity contribution is 0.0582. The van der Waals surface area contributed by atoms with Crippen molar-refractivity contribution in [3.8, 4) is 0 Å². The SMILES string of the molecule is COC(=O)c1cc(C)ccc1C(=O)O. The van der Waals surface area contributed by atoms with Crippen LogP contribution in [0.5, 0.6) is 0 Å². The van der Waals surface area contributed by atoms with Gasteiger partial charge in [0.15, 0.2) is 0 Å². The highest BCUT2D eigenvalue weighted by molar-refractivity contribution is 6.02. The molecule has 0 fully saturated rings. The largest absolute Gasteiger partial charge is 0.478 e. The molecule has 0 aliphatic rings. The van der Waals surface area contributed by atoms with Crippen molar-refractivity contribution < 1.29 is 19.4 Å². The fraction of sp³-hybridized carbons (Fsp3) is 0.200. The number of ether oxygens (including phenoxy) is 1. The molecule has 0 aliphatic carbocycles. The molecule has 1 aromatic rings. The summed E-state index contributed by atoms with van der Waals surface area (Å²) in [6.45, 7) is 1.78. The molecule has 0 spiro atoms.